The van der Waals surface area contributed by atoms with Gasteiger partial charge in [0.2, 0.25) is 0 Å². The van der Waals surface area contributed by atoms with Gasteiger partial charge in [0.1, 0.15) is 6.07 Å². The molecule has 1 aromatic carbocycles. The van der Waals surface area contributed by atoms with Gasteiger partial charge in [0.25, 0.3) is 5.23 Å². The Morgan fingerprint density at radius 3 is 2.64 bits per heavy atom. The molecule has 9 heteroatoms. The van der Waals surface area contributed by atoms with Crippen LogP contribution < -0.4 is 9.47 Å². The number of rotatable bonds is 6. The van der Waals surface area contributed by atoms with E-state index in [0.29, 0.717) is 41.1 Å². The van der Waals surface area contributed by atoms with Crippen LogP contribution in [0.4, 0.5) is 5.69 Å². The number of carbonyl (C=O) groups excluding carboxylic acids is 1. The summed E-state index contributed by atoms with van der Waals surface area (Å²) in [5.74, 6) is 0.601. The Balaban J connectivity index is 2.20. The van der Waals surface area contributed by atoms with Crippen molar-refractivity contribution in [2.75, 3.05) is 41.0 Å². The van der Waals surface area contributed by atoms with Crippen molar-refractivity contribution in [3.05, 3.63) is 17.7 Å². The molecule has 0 radical (unpaired) electrons. The fourth-order valence-corrected chi connectivity index (χ4v) is 3.75. The molecule has 1 saturated heterocycles. The minimum Gasteiger partial charge on any atom is -0.493 e. The number of hydrogen-bond donors (Lipinski definition) is 0. The van der Waals surface area contributed by atoms with Crippen molar-refractivity contribution < 1.29 is 23.7 Å². The SMILES string of the molecule is CCOC(=O)C1CCCN(SC(=Nc2cc(OC)c(OC)cc2C#N)OC)C1. The van der Waals surface area contributed by atoms with Gasteiger partial charge in [-0.1, -0.05) is 0 Å². The highest BCUT2D eigenvalue weighted by Crippen LogP contribution is 2.35. The zero-order valence-electron chi connectivity index (χ0n) is 16.6. The molecule has 1 fully saturated rings. The minimum atomic E-state index is -0.171. The maximum atomic E-state index is 12.0. The highest BCUT2D eigenvalue weighted by molar-refractivity contribution is 8.11. The maximum Gasteiger partial charge on any atom is 0.310 e. The summed E-state index contributed by atoms with van der Waals surface area (Å²) < 4.78 is 23.1. The summed E-state index contributed by atoms with van der Waals surface area (Å²) in [5.41, 5.74) is 0.763. The molecule has 1 atom stereocenters. The molecule has 0 N–H and O–H groups in total. The Morgan fingerprint density at radius 1 is 1.32 bits per heavy atom. The van der Waals surface area contributed by atoms with E-state index < -0.39 is 0 Å². The van der Waals surface area contributed by atoms with Gasteiger partial charge in [-0.25, -0.2) is 9.30 Å². The first-order valence-corrected chi connectivity index (χ1v) is 9.71. The molecule has 0 spiro atoms. The second-order valence-corrected chi connectivity index (χ2v) is 7.04. The minimum absolute atomic E-state index is 0.157. The zero-order chi connectivity index (χ0) is 20.5. The lowest BCUT2D eigenvalue weighted by atomic mass is 10.0. The molecule has 28 heavy (non-hydrogen) atoms. The van der Waals surface area contributed by atoms with E-state index in [-0.39, 0.29) is 11.9 Å². The smallest absolute Gasteiger partial charge is 0.310 e. The van der Waals surface area contributed by atoms with Crippen LogP contribution in [0.3, 0.4) is 0 Å². The highest BCUT2D eigenvalue weighted by atomic mass is 32.2. The Bertz CT molecular complexity index is 763. The van der Waals surface area contributed by atoms with Crippen molar-refractivity contribution in [2.45, 2.75) is 19.8 Å². The lowest BCUT2D eigenvalue weighted by molar-refractivity contribution is -0.149. The molecule has 0 saturated carbocycles. The number of benzene rings is 1. The second kappa shape index (κ2) is 10.8. The third-order valence-corrected chi connectivity index (χ3v) is 5.22. The molecule has 0 bridgehead atoms. The van der Waals surface area contributed by atoms with Crippen LogP contribution in [-0.4, -0.2) is 56.5 Å². The number of carbonyl (C=O) groups is 1. The Kier molecular flexibility index (Phi) is 8.42. The largest absolute Gasteiger partial charge is 0.493 e. The van der Waals surface area contributed by atoms with Gasteiger partial charge >= 0.3 is 5.97 Å². The topological polar surface area (TPSA) is 93.4 Å². The summed E-state index contributed by atoms with van der Waals surface area (Å²) in [6.45, 7) is 3.55. The van der Waals surface area contributed by atoms with Crippen molar-refractivity contribution in [3.8, 4) is 17.6 Å². The molecule has 0 amide bonds. The number of esters is 1. The van der Waals surface area contributed by atoms with Crippen molar-refractivity contribution in [2.24, 2.45) is 10.9 Å². The monoisotopic (exact) mass is 407 g/mol. The Labute approximate surface area is 169 Å². The third-order valence-electron chi connectivity index (χ3n) is 4.22. The van der Waals surface area contributed by atoms with Gasteiger partial charge in [0.05, 0.1) is 45.1 Å². The van der Waals surface area contributed by atoms with E-state index in [2.05, 4.69) is 11.1 Å². The standard InChI is InChI=1S/C19H25N3O5S/c1-5-27-18(23)13-7-6-8-22(12-13)28-19(26-4)21-15-10-17(25-3)16(24-2)9-14(15)11-20/h9-10,13H,5-8,12H2,1-4H3. The highest BCUT2D eigenvalue weighted by Gasteiger charge is 2.28. The van der Waals surface area contributed by atoms with Gasteiger partial charge in [0, 0.05) is 37.2 Å². The van der Waals surface area contributed by atoms with Crippen LogP contribution >= 0.6 is 11.9 Å². The van der Waals surface area contributed by atoms with E-state index >= 15 is 0 Å². The summed E-state index contributed by atoms with van der Waals surface area (Å²) in [4.78, 5) is 16.5. The zero-order valence-corrected chi connectivity index (χ0v) is 17.4. The van der Waals surface area contributed by atoms with Crippen LogP contribution in [0, 0.1) is 17.2 Å². The number of aliphatic imine (C=N–C) groups is 1. The van der Waals surface area contributed by atoms with E-state index in [1.54, 1.807) is 19.1 Å². The number of nitrogens with zero attached hydrogens (tertiary/aromatic N) is 3. The molecular weight excluding hydrogens is 382 g/mol. The normalized spacial score (nSPS) is 17.5. The van der Waals surface area contributed by atoms with Crippen molar-refractivity contribution in [3.63, 3.8) is 0 Å². The molecule has 8 nitrogen and oxygen atoms in total. The van der Waals surface area contributed by atoms with E-state index in [1.807, 2.05) is 4.31 Å². The molecule has 152 valence electrons. The number of hydrogen-bond acceptors (Lipinski definition) is 9. The van der Waals surface area contributed by atoms with Crippen LogP contribution in [0.5, 0.6) is 11.5 Å². The van der Waals surface area contributed by atoms with Gasteiger partial charge in [0.15, 0.2) is 11.5 Å². The molecule has 1 unspecified atom stereocenters. The Morgan fingerprint density at radius 2 is 2.04 bits per heavy atom. The average Bonchev–Trinajstić information content (AvgIpc) is 2.73. The van der Waals surface area contributed by atoms with E-state index in [4.69, 9.17) is 18.9 Å². The van der Waals surface area contributed by atoms with E-state index in [9.17, 15) is 10.1 Å². The van der Waals surface area contributed by atoms with Crippen LogP contribution in [0.1, 0.15) is 25.3 Å². The predicted molar refractivity (Wildman–Crippen MR) is 107 cm³/mol. The quantitative estimate of drug-likeness (QED) is 0.307. The molecule has 1 heterocycles. The summed E-state index contributed by atoms with van der Waals surface area (Å²) in [5, 5.41) is 9.80. The maximum absolute atomic E-state index is 12.0. The number of piperidine rings is 1. The van der Waals surface area contributed by atoms with E-state index in [0.717, 1.165) is 19.4 Å². The first kappa shape index (κ1) is 21.9. The average molecular weight is 407 g/mol. The summed E-state index contributed by atoms with van der Waals surface area (Å²) in [6, 6.07) is 5.32. The van der Waals surface area contributed by atoms with Gasteiger partial charge < -0.3 is 18.9 Å². The second-order valence-electron chi connectivity index (χ2n) is 5.99. The van der Waals surface area contributed by atoms with Crippen LogP contribution in [0.2, 0.25) is 0 Å². The van der Waals surface area contributed by atoms with Gasteiger partial charge in [-0.05, 0) is 19.8 Å². The van der Waals surface area contributed by atoms with Gasteiger partial charge in [-0.15, -0.1) is 0 Å². The molecule has 2 rings (SSSR count). The molecular formula is C19H25N3O5S. The lowest BCUT2D eigenvalue weighted by Gasteiger charge is -2.30. The van der Waals surface area contributed by atoms with Gasteiger partial charge in [-0.2, -0.15) is 5.26 Å². The third kappa shape index (κ3) is 5.53. The predicted octanol–water partition coefficient (Wildman–Crippen LogP) is 3.13. The fraction of sp³-hybridized carbons (Fsp3) is 0.526. The van der Waals surface area contributed by atoms with Crippen LogP contribution in [0.15, 0.2) is 17.1 Å². The van der Waals surface area contributed by atoms with Crippen molar-refractivity contribution >= 4 is 28.8 Å². The molecule has 0 aliphatic carbocycles. The number of ether oxygens (including phenoxy) is 4. The summed E-state index contributed by atoms with van der Waals surface area (Å²) in [6.07, 6.45) is 1.69. The molecule has 1 aliphatic rings. The van der Waals surface area contributed by atoms with Crippen molar-refractivity contribution in [1.29, 1.82) is 5.26 Å². The Hall–Kier alpha value is -2.44. The molecule has 0 aromatic heterocycles. The fourth-order valence-electron chi connectivity index (χ4n) is 2.84. The summed E-state index contributed by atoms with van der Waals surface area (Å²) in [7, 11) is 4.55. The molecule has 1 aromatic rings. The van der Waals surface area contributed by atoms with Crippen LogP contribution in [-0.2, 0) is 14.3 Å². The van der Waals surface area contributed by atoms with Crippen molar-refractivity contribution in [1.82, 2.24) is 4.31 Å². The van der Waals surface area contributed by atoms with Crippen LogP contribution in [0.25, 0.3) is 0 Å². The first-order valence-electron chi connectivity index (χ1n) is 8.94. The van der Waals surface area contributed by atoms with Gasteiger partial charge in [-0.3, -0.25) is 4.79 Å². The molecule has 1 aliphatic heterocycles. The summed E-state index contributed by atoms with van der Waals surface area (Å²) >= 11 is 1.31. The lowest BCUT2D eigenvalue weighted by Crippen LogP contribution is -2.36. The first-order chi connectivity index (χ1) is 13.6. The number of nitriles is 1. The van der Waals surface area contributed by atoms with E-state index in [1.165, 1.54) is 33.3 Å². The number of methoxy groups -OCH3 is 3.